The van der Waals surface area contributed by atoms with Crippen LogP contribution in [0.4, 0.5) is 5.69 Å². The maximum Gasteiger partial charge on any atom is 0.238 e. The lowest BCUT2D eigenvalue weighted by atomic mass is 9.97. The molecule has 0 spiro atoms. The van der Waals surface area contributed by atoms with Crippen LogP contribution in [0.2, 0.25) is 5.02 Å². The molecule has 3 aromatic rings. The van der Waals surface area contributed by atoms with Gasteiger partial charge in [0.15, 0.2) is 5.78 Å². The van der Waals surface area contributed by atoms with E-state index in [0.29, 0.717) is 22.2 Å². The molecule has 3 aromatic carbocycles. The average Bonchev–Trinajstić information content (AvgIpc) is 2.73. The Hall–Kier alpha value is -2.38. The minimum Gasteiger partial charge on any atom is -0.378 e. The van der Waals surface area contributed by atoms with Gasteiger partial charge < -0.3 is 5.32 Å². The molecular formula is C22H20Cl2N2O3S. The van der Waals surface area contributed by atoms with Gasteiger partial charge >= 0.3 is 0 Å². The van der Waals surface area contributed by atoms with Crippen molar-refractivity contribution in [3.8, 4) is 0 Å². The van der Waals surface area contributed by atoms with Crippen molar-refractivity contribution in [3.05, 3.63) is 94.5 Å². The van der Waals surface area contributed by atoms with Crippen LogP contribution in [-0.4, -0.2) is 14.2 Å². The first kappa shape index (κ1) is 22.3. The number of primary sulfonamides is 1. The van der Waals surface area contributed by atoms with Crippen LogP contribution in [-0.2, 0) is 15.9 Å². The van der Waals surface area contributed by atoms with Gasteiger partial charge in [0.05, 0.1) is 10.9 Å². The van der Waals surface area contributed by atoms with Crippen molar-refractivity contribution in [2.24, 2.45) is 5.14 Å². The Bertz CT molecular complexity index is 1110. The van der Waals surface area contributed by atoms with Gasteiger partial charge in [0, 0.05) is 28.6 Å². The number of anilines is 1. The Labute approximate surface area is 185 Å². The van der Waals surface area contributed by atoms with E-state index >= 15 is 0 Å². The molecule has 0 saturated heterocycles. The minimum absolute atomic E-state index is 0.0216. The molecule has 0 aliphatic rings. The van der Waals surface area contributed by atoms with Gasteiger partial charge in [-0.3, -0.25) is 4.79 Å². The number of sulfonamides is 1. The third-order valence-electron chi connectivity index (χ3n) is 4.62. The van der Waals surface area contributed by atoms with Crippen molar-refractivity contribution in [2.75, 3.05) is 5.32 Å². The molecule has 156 valence electrons. The van der Waals surface area contributed by atoms with Crippen molar-refractivity contribution >= 4 is 44.7 Å². The molecule has 3 N–H and O–H groups in total. The van der Waals surface area contributed by atoms with Gasteiger partial charge in [0.1, 0.15) is 0 Å². The van der Waals surface area contributed by atoms with Crippen LogP contribution in [0.3, 0.4) is 0 Å². The number of hydrogen-bond donors (Lipinski definition) is 2. The van der Waals surface area contributed by atoms with Crippen LogP contribution in [0.15, 0.2) is 77.7 Å². The maximum absolute atomic E-state index is 12.8. The van der Waals surface area contributed by atoms with E-state index in [2.05, 4.69) is 5.32 Å². The fourth-order valence-electron chi connectivity index (χ4n) is 2.97. The highest BCUT2D eigenvalue weighted by molar-refractivity contribution is 7.89. The van der Waals surface area contributed by atoms with Crippen molar-refractivity contribution in [3.63, 3.8) is 0 Å². The third kappa shape index (κ3) is 5.83. The van der Waals surface area contributed by atoms with Crippen molar-refractivity contribution in [1.29, 1.82) is 0 Å². The van der Waals surface area contributed by atoms with E-state index < -0.39 is 10.0 Å². The summed E-state index contributed by atoms with van der Waals surface area (Å²) >= 11 is 11.8. The molecular weight excluding hydrogens is 443 g/mol. The van der Waals surface area contributed by atoms with Crippen LogP contribution < -0.4 is 10.5 Å². The number of halogens is 2. The number of ketones is 1. The predicted molar refractivity (Wildman–Crippen MR) is 121 cm³/mol. The molecule has 0 bridgehead atoms. The van der Waals surface area contributed by atoms with Crippen LogP contribution in [0.25, 0.3) is 0 Å². The summed E-state index contributed by atoms with van der Waals surface area (Å²) in [6.07, 6.45) is 0.193. The highest BCUT2D eigenvalue weighted by Gasteiger charge is 2.18. The van der Waals surface area contributed by atoms with E-state index in [-0.39, 0.29) is 23.1 Å². The topological polar surface area (TPSA) is 89.3 Å². The van der Waals surface area contributed by atoms with Crippen LogP contribution in [0.5, 0.6) is 0 Å². The highest BCUT2D eigenvalue weighted by Crippen LogP contribution is 2.26. The number of alkyl halides is 1. The standard InChI is InChI=1S/C22H20Cl2N2O3S/c23-14-15-1-3-16(4-2-15)21(13-22(27)17-5-7-18(24)8-6-17)26-19-9-11-20(12-10-19)30(25,28)29/h1-12,21,26H,13-14H2,(H2,25,28,29). The van der Waals surface area contributed by atoms with E-state index in [1.165, 1.54) is 12.1 Å². The number of carbonyl (C=O) groups is 1. The molecule has 0 heterocycles. The van der Waals surface area contributed by atoms with E-state index in [4.69, 9.17) is 28.3 Å². The van der Waals surface area contributed by atoms with Crippen molar-refractivity contribution < 1.29 is 13.2 Å². The van der Waals surface area contributed by atoms with Crippen LogP contribution in [0, 0.1) is 0 Å². The summed E-state index contributed by atoms with van der Waals surface area (Å²) in [4.78, 5) is 12.9. The quantitative estimate of drug-likeness (QED) is 0.357. The van der Waals surface area contributed by atoms with Crippen molar-refractivity contribution in [2.45, 2.75) is 23.2 Å². The molecule has 3 rings (SSSR count). The largest absolute Gasteiger partial charge is 0.378 e. The molecule has 1 unspecified atom stereocenters. The predicted octanol–water partition coefficient (Wildman–Crippen LogP) is 5.15. The molecule has 0 aliphatic carbocycles. The Morgan fingerprint density at radius 3 is 2.07 bits per heavy atom. The summed E-state index contributed by atoms with van der Waals surface area (Å²) in [6.45, 7) is 0. The van der Waals surface area contributed by atoms with Gasteiger partial charge in [0.25, 0.3) is 0 Å². The summed E-state index contributed by atoms with van der Waals surface area (Å²) in [5.41, 5.74) is 3.10. The monoisotopic (exact) mass is 462 g/mol. The molecule has 0 amide bonds. The first-order chi connectivity index (χ1) is 14.3. The second-order valence-corrected chi connectivity index (χ2v) is 9.04. The second-order valence-electron chi connectivity index (χ2n) is 6.78. The molecule has 8 heteroatoms. The number of benzene rings is 3. The lowest BCUT2D eigenvalue weighted by Crippen LogP contribution is -2.16. The van der Waals surface area contributed by atoms with Gasteiger partial charge in [-0.1, -0.05) is 35.9 Å². The Kier molecular flexibility index (Phi) is 7.15. The Balaban J connectivity index is 1.86. The number of nitrogens with two attached hydrogens (primary N) is 1. The zero-order valence-corrected chi connectivity index (χ0v) is 18.2. The van der Waals surface area contributed by atoms with E-state index in [1.807, 2.05) is 24.3 Å². The third-order valence-corrected chi connectivity index (χ3v) is 6.11. The fraction of sp³-hybridized carbons (Fsp3) is 0.136. The number of hydrogen-bond acceptors (Lipinski definition) is 4. The average molecular weight is 463 g/mol. The van der Waals surface area contributed by atoms with Crippen LogP contribution in [0.1, 0.15) is 33.9 Å². The van der Waals surface area contributed by atoms with Gasteiger partial charge in [-0.25, -0.2) is 13.6 Å². The number of rotatable bonds is 8. The Morgan fingerprint density at radius 2 is 1.53 bits per heavy atom. The summed E-state index contributed by atoms with van der Waals surface area (Å²) in [5, 5.41) is 9.03. The summed E-state index contributed by atoms with van der Waals surface area (Å²) in [5.74, 6) is 0.351. The molecule has 30 heavy (non-hydrogen) atoms. The minimum atomic E-state index is -3.77. The molecule has 0 saturated carbocycles. The molecule has 0 aliphatic heterocycles. The highest BCUT2D eigenvalue weighted by atomic mass is 35.5. The van der Waals surface area contributed by atoms with E-state index in [1.54, 1.807) is 36.4 Å². The fourth-order valence-corrected chi connectivity index (χ4v) is 3.79. The van der Waals surface area contributed by atoms with Crippen LogP contribution >= 0.6 is 23.2 Å². The lowest BCUT2D eigenvalue weighted by Gasteiger charge is -2.20. The molecule has 1 atom stereocenters. The lowest BCUT2D eigenvalue weighted by molar-refractivity contribution is 0.0976. The van der Waals surface area contributed by atoms with Gasteiger partial charge in [0.2, 0.25) is 10.0 Å². The SMILES string of the molecule is NS(=O)(=O)c1ccc(NC(CC(=O)c2ccc(Cl)cc2)c2ccc(CCl)cc2)cc1. The first-order valence-corrected chi connectivity index (χ1v) is 11.5. The normalized spacial score (nSPS) is 12.4. The van der Waals surface area contributed by atoms with Crippen molar-refractivity contribution in [1.82, 2.24) is 0 Å². The summed E-state index contributed by atoms with van der Waals surface area (Å²) in [7, 11) is -3.77. The number of carbonyl (C=O) groups excluding carboxylic acids is 1. The van der Waals surface area contributed by atoms with Gasteiger partial charge in [-0.05, 0) is 59.7 Å². The molecule has 0 aromatic heterocycles. The van der Waals surface area contributed by atoms with E-state index in [0.717, 1.165) is 11.1 Å². The number of nitrogens with one attached hydrogen (secondary N) is 1. The first-order valence-electron chi connectivity index (χ1n) is 9.09. The number of Topliss-reactive ketones (excluding diaryl/α,β-unsaturated/α-hetero) is 1. The summed E-state index contributed by atoms with van der Waals surface area (Å²) in [6, 6.07) is 20.2. The van der Waals surface area contributed by atoms with Gasteiger partial charge in [-0.15, -0.1) is 11.6 Å². The Morgan fingerprint density at radius 1 is 0.933 bits per heavy atom. The second kappa shape index (κ2) is 9.62. The zero-order valence-electron chi connectivity index (χ0n) is 15.9. The molecule has 0 radical (unpaired) electrons. The molecule has 0 fully saturated rings. The maximum atomic E-state index is 12.8. The van der Waals surface area contributed by atoms with E-state index in [9.17, 15) is 13.2 Å². The molecule has 5 nitrogen and oxygen atoms in total. The van der Waals surface area contributed by atoms with Gasteiger partial charge in [-0.2, -0.15) is 0 Å². The smallest absolute Gasteiger partial charge is 0.238 e. The summed E-state index contributed by atoms with van der Waals surface area (Å²) < 4.78 is 22.9. The zero-order chi connectivity index (χ0) is 21.7.